The van der Waals surface area contributed by atoms with Gasteiger partial charge in [-0.1, -0.05) is 47.5 Å². The summed E-state index contributed by atoms with van der Waals surface area (Å²) in [4.78, 5) is 39.7. The molecule has 3 aromatic carbocycles. The van der Waals surface area contributed by atoms with Gasteiger partial charge in [0, 0.05) is 29.7 Å². The van der Waals surface area contributed by atoms with E-state index in [1.54, 1.807) is 58.8 Å². The maximum Gasteiger partial charge on any atom is 0.342 e. The van der Waals surface area contributed by atoms with Crippen molar-refractivity contribution in [2.75, 3.05) is 49.8 Å². The first kappa shape index (κ1) is 41.8. The lowest BCUT2D eigenvalue weighted by molar-refractivity contribution is -0.117. The molecular formula is C39H43Cl2N3O9S2. The van der Waals surface area contributed by atoms with Crippen LogP contribution in [0.25, 0.3) is 0 Å². The molecule has 0 spiro atoms. The number of halogens is 2. The Morgan fingerprint density at radius 1 is 1.02 bits per heavy atom. The number of hydrogen-bond acceptors (Lipinski definition) is 11. The molecule has 1 fully saturated rings. The second kappa shape index (κ2) is 18.5. The minimum absolute atomic E-state index is 0.0271. The molecule has 4 aromatic rings. The van der Waals surface area contributed by atoms with Gasteiger partial charge in [-0.2, -0.15) is 0 Å². The highest BCUT2D eigenvalue weighted by Gasteiger charge is 2.39. The van der Waals surface area contributed by atoms with E-state index in [-0.39, 0.29) is 36.8 Å². The number of aryl methyl sites for hydroxylation is 1. The number of methoxy groups -OCH3 is 1. The van der Waals surface area contributed by atoms with Crippen LogP contribution in [-0.2, 0) is 30.7 Å². The van der Waals surface area contributed by atoms with E-state index in [4.69, 9.17) is 42.1 Å². The Bertz CT molecular complexity index is 2160. The third-order valence-electron chi connectivity index (χ3n) is 8.76. The Hall–Kier alpha value is -4.34. The highest BCUT2D eigenvalue weighted by atomic mass is 35.5. The predicted octanol–water partition coefficient (Wildman–Crippen LogP) is 8.44. The van der Waals surface area contributed by atoms with E-state index < -0.39 is 21.8 Å². The van der Waals surface area contributed by atoms with Crippen LogP contribution < -0.4 is 20.1 Å². The van der Waals surface area contributed by atoms with Gasteiger partial charge in [0.05, 0.1) is 69.6 Å². The van der Waals surface area contributed by atoms with E-state index in [0.717, 1.165) is 30.2 Å². The molecule has 0 unspecified atom stereocenters. The SMILES string of the molecule is CCOCOC(=O)c1ccccc1Nc1c(Cl)ccc(C)c1Cl.CCOc1cc([C@@H](CS(C)(=O)=O)N2Cc3c(NC(=O)C4CC4)csc3C2=O)ccc1OC. The summed E-state index contributed by atoms with van der Waals surface area (Å²) >= 11 is 13.8. The zero-order valence-electron chi connectivity index (χ0n) is 31.1. The first-order valence-corrected chi connectivity index (χ1v) is 21.2. The van der Waals surface area contributed by atoms with Gasteiger partial charge in [-0.3, -0.25) is 9.59 Å². The number of sulfone groups is 1. The number of anilines is 3. The van der Waals surface area contributed by atoms with Crippen LogP contribution in [0.3, 0.4) is 0 Å². The zero-order valence-corrected chi connectivity index (χ0v) is 34.2. The van der Waals surface area contributed by atoms with Crippen molar-refractivity contribution in [1.82, 2.24) is 4.90 Å². The number of carbonyl (C=O) groups excluding carboxylic acids is 3. The van der Waals surface area contributed by atoms with Crippen molar-refractivity contribution in [1.29, 1.82) is 0 Å². The molecule has 12 nitrogen and oxygen atoms in total. The number of esters is 1. The fourth-order valence-corrected chi connectivity index (χ4v) is 8.17. The first-order chi connectivity index (χ1) is 26.3. The molecule has 2 heterocycles. The molecule has 6 rings (SSSR count). The topological polar surface area (TPSA) is 150 Å². The van der Waals surface area contributed by atoms with E-state index in [9.17, 15) is 22.8 Å². The molecule has 294 valence electrons. The minimum atomic E-state index is -3.41. The van der Waals surface area contributed by atoms with Crippen molar-refractivity contribution >= 4 is 79.2 Å². The number of nitrogens with zero attached hydrogens (tertiary/aromatic N) is 1. The van der Waals surface area contributed by atoms with Crippen LogP contribution in [0.1, 0.15) is 69.5 Å². The van der Waals surface area contributed by atoms with Crippen LogP contribution in [0.2, 0.25) is 10.0 Å². The number of thiophene rings is 1. The summed E-state index contributed by atoms with van der Waals surface area (Å²) < 4.78 is 45.6. The summed E-state index contributed by atoms with van der Waals surface area (Å²) in [5, 5.41) is 8.81. The molecule has 0 saturated heterocycles. The molecule has 2 aliphatic rings. The fraction of sp³-hybridized carbons (Fsp3) is 0.359. The van der Waals surface area contributed by atoms with E-state index in [1.807, 2.05) is 26.8 Å². The molecular weight excluding hydrogens is 789 g/mol. The second-order valence-electron chi connectivity index (χ2n) is 12.9. The van der Waals surface area contributed by atoms with Crippen molar-refractivity contribution < 1.29 is 41.7 Å². The highest BCUT2D eigenvalue weighted by Crippen LogP contribution is 2.42. The number of rotatable bonds is 15. The van der Waals surface area contributed by atoms with Crippen LogP contribution in [0.15, 0.2) is 60.0 Å². The lowest BCUT2D eigenvalue weighted by Crippen LogP contribution is -2.33. The van der Waals surface area contributed by atoms with Crippen LogP contribution >= 0.6 is 34.5 Å². The molecule has 2 N–H and O–H groups in total. The number of amides is 2. The van der Waals surface area contributed by atoms with Gasteiger partial charge >= 0.3 is 5.97 Å². The van der Waals surface area contributed by atoms with Gasteiger partial charge in [-0.25, -0.2) is 13.2 Å². The summed E-state index contributed by atoms with van der Waals surface area (Å²) in [6, 6.07) is 15.1. The number of benzene rings is 3. The van der Waals surface area contributed by atoms with E-state index in [0.29, 0.717) is 67.8 Å². The van der Waals surface area contributed by atoms with Gasteiger partial charge in [-0.05, 0) is 75.1 Å². The quantitative estimate of drug-likeness (QED) is 0.0679. The van der Waals surface area contributed by atoms with Crippen LogP contribution in [0.5, 0.6) is 11.5 Å². The molecule has 2 amide bonds. The third-order valence-corrected chi connectivity index (χ3v) is 11.5. The van der Waals surface area contributed by atoms with Gasteiger partial charge in [-0.15, -0.1) is 11.3 Å². The average Bonchev–Trinajstić information content (AvgIpc) is 3.87. The van der Waals surface area contributed by atoms with Crippen molar-refractivity contribution in [2.45, 2.75) is 46.2 Å². The average molecular weight is 833 g/mol. The number of carbonyl (C=O) groups is 3. The van der Waals surface area contributed by atoms with Crippen molar-refractivity contribution in [2.24, 2.45) is 5.92 Å². The number of hydrogen-bond donors (Lipinski definition) is 2. The molecule has 1 saturated carbocycles. The Morgan fingerprint density at radius 2 is 1.76 bits per heavy atom. The van der Waals surface area contributed by atoms with Crippen LogP contribution in [-0.4, -0.2) is 70.2 Å². The normalized spacial score (nSPS) is 14.0. The highest BCUT2D eigenvalue weighted by molar-refractivity contribution is 7.90. The van der Waals surface area contributed by atoms with Gasteiger partial charge < -0.3 is 34.5 Å². The predicted molar refractivity (Wildman–Crippen MR) is 215 cm³/mol. The van der Waals surface area contributed by atoms with Crippen molar-refractivity contribution in [3.63, 3.8) is 0 Å². The molecule has 0 radical (unpaired) electrons. The Morgan fingerprint density at radius 3 is 2.44 bits per heavy atom. The lowest BCUT2D eigenvalue weighted by atomic mass is 10.1. The number of ether oxygens (including phenoxy) is 4. The van der Waals surface area contributed by atoms with Gasteiger partial charge in [0.15, 0.2) is 18.3 Å². The smallest absolute Gasteiger partial charge is 0.342 e. The van der Waals surface area contributed by atoms with Crippen molar-refractivity contribution in [3.8, 4) is 11.5 Å². The molecule has 1 atom stereocenters. The van der Waals surface area contributed by atoms with Gasteiger partial charge in [0.2, 0.25) is 5.91 Å². The summed E-state index contributed by atoms with van der Waals surface area (Å²) in [5.74, 6) is 0.0972. The summed E-state index contributed by atoms with van der Waals surface area (Å²) in [5.41, 5.74) is 4.40. The van der Waals surface area contributed by atoms with E-state index >= 15 is 0 Å². The minimum Gasteiger partial charge on any atom is -0.493 e. The molecule has 1 aliphatic carbocycles. The molecule has 1 aromatic heterocycles. The van der Waals surface area contributed by atoms with Crippen LogP contribution in [0, 0.1) is 12.8 Å². The molecule has 0 bridgehead atoms. The summed E-state index contributed by atoms with van der Waals surface area (Å²) in [6.45, 7) is 6.59. The summed E-state index contributed by atoms with van der Waals surface area (Å²) in [6.07, 6.45) is 2.93. The van der Waals surface area contributed by atoms with E-state index in [2.05, 4.69) is 10.6 Å². The number of para-hydroxylation sites is 1. The maximum absolute atomic E-state index is 13.2. The molecule has 16 heteroatoms. The Kier molecular flexibility index (Phi) is 14.1. The van der Waals surface area contributed by atoms with Crippen molar-refractivity contribution in [3.05, 3.63) is 97.2 Å². The third kappa shape index (κ3) is 10.5. The largest absolute Gasteiger partial charge is 0.493 e. The van der Waals surface area contributed by atoms with Gasteiger partial charge in [0.1, 0.15) is 9.84 Å². The fourth-order valence-electron chi connectivity index (χ4n) is 5.78. The molecule has 55 heavy (non-hydrogen) atoms. The Balaban J connectivity index is 0.000000223. The number of nitrogens with one attached hydrogen (secondary N) is 2. The first-order valence-electron chi connectivity index (χ1n) is 17.5. The second-order valence-corrected chi connectivity index (χ2v) is 16.7. The maximum atomic E-state index is 13.2. The standard InChI is InChI=1S/C22H26N2O6S2.C17H17Cl2NO3/c1-4-30-19-9-14(7-8-18(19)29-2)17(12-32(3,27)28)24-10-15-16(11-31-20(15)22(24)26)23-21(25)13-5-6-13;1-3-22-10-23-17(21)12-6-4-5-7-14(12)20-16-13(18)9-8-11(2)15(16)19/h7-9,11,13,17H,4-6,10,12H2,1-3H3,(H,23,25);4-9,20H,3,10H2,1-2H3/t17-;/m1./s1. The Labute approximate surface area is 334 Å². The zero-order chi connectivity index (χ0) is 39.9. The monoisotopic (exact) mass is 831 g/mol. The lowest BCUT2D eigenvalue weighted by Gasteiger charge is -2.28. The van der Waals surface area contributed by atoms with Gasteiger partial charge in [0.25, 0.3) is 5.91 Å². The van der Waals surface area contributed by atoms with E-state index in [1.165, 1.54) is 18.4 Å². The number of fused-ring (bicyclic) bond motifs is 1. The molecule has 1 aliphatic heterocycles. The van der Waals surface area contributed by atoms with Crippen LogP contribution in [0.4, 0.5) is 17.1 Å². The summed E-state index contributed by atoms with van der Waals surface area (Å²) in [7, 11) is -1.88.